The Morgan fingerprint density at radius 2 is 1.94 bits per heavy atom. The topological polar surface area (TPSA) is 67.2 Å². The lowest BCUT2D eigenvalue weighted by molar-refractivity contribution is -0.174. The molecule has 0 aliphatic carbocycles. The highest BCUT2D eigenvalue weighted by Gasteiger charge is 2.42. The highest BCUT2D eigenvalue weighted by molar-refractivity contribution is 5.82. The van der Waals surface area contributed by atoms with E-state index in [1.54, 1.807) is 11.1 Å². The average molecular weight is 440 g/mol. The summed E-state index contributed by atoms with van der Waals surface area (Å²) >= 11 is 0. The third kappa shape index (κ3) is 5.42. The van der Waals surface area contributed by atoms with E-state index < -0.39 is 29.9 Å². The number of amides is 1. The molecule has 2 atom stereocenters. The Labute approximate surface area is 176 Å². The second kappa shape index (κ2) is 9.07. The number of alkyl halides is 3. The van der Waals surface area contributed by atoms with Crippen molar-refractivity contribution in [1.82, 2.24) is 14.9 Å². The van der Waals surface area contributed by atoms with Gasteiger partial charge in [0, 0.05) is 37.9 Å². The summed E-state index contributed by atoms with van der Waals surface area (Å²) in [6.45, 7) is 4.73. The minimum Gasteiger partial charge on any atom is -0.350 e. The number of piperidine rings is 1. The van der Waals surface area contributed by atoms with Crippen molar-refractivity contribution in [2.24, 2.45) is 5.92 Å². The molecule has 0 radical (unpaired) electrons. The fraction of sp³-hybridized carbons (Fsp3) is 0.476. The predicted octanol–water partition coefficient (Wildman–Crippen LogP) is 3.08. The van der Waals surface area contributed by atoms with Crippen molar-refractivity contribution in [2.45, 2.75) is 44.9 Å². The zero-order valence-corrected chi connectivity index (χ0v) is 17.2. The van der Waals surface area contributed by atoms with Crippen LogP contribution < -0.4 is 15.8 Å². The summed E-state index contributed by atoms with van der Waals surface area (Å²) in [5, 5.41) is 2.05. The van der Waals surface area contributed by atoms with Gasteiger partial charge in [0.25, 0.3) is 5.56 Å². The van der Waals surface area contributed by atoms with Gasteiger partial charge < -0.3 is 14.8 Å². The molecule has 3 rings (SSSR count). The maximum absolute atomic E-state index is 13.3. The van der Waals surface area contributed by atoms with E-state index in [9.17, 15) is 27.2 Å². The van der Waals surface area contributed by atoms with Crippen LogP contribution in [0.4, 0.5) is 23.4 Å². The number of rotatable bonds is 5. The molecule has 168 valence electrons. The van der Waals surface area contributed by atoms with Crippen LogP contribution in [0.5, 0.6) is 0 Å². The van der Waals surface area contributed by atoms with Gasteiger partial charge in [-0.05, 0) is 30.0 Å². The van der Waals surface area contributed by atoms with Gasteiger partial charge in [-0.2, -0.15) is 13.2 Å². The highest BCUT2D eigenvalue weighted by Crippen LogP contribution is 2.30. The molecular formula is C21H24F4N4O2. The number of nitrogens with one attached hydrogen (secondary N) is 1. The van der Waals surface area contributed by atoms with Gasteiger partial charge in [0.15, 0.2) is 5.82 Å². The van der Waals surface area contributed by atoms with E-state index in [2.05, 4.69) is 10.3 Å². The Morgan fingerprint density at radius 1 is 1.26 bits per heavy atom. The zero-order chi connectivity index (χ0) is 22.8. The molecule has 1 amide bonds. The van der Waals surface area contributed by atoms with Crippen molar-refractivity contribution in [3.8, 4) is 0 Å². The van der Waals surface area contributed by atoms with E-state index in [0.29, 0.717) is 25.1 Å². The van der Waals surface area contributed by atoms with Gasteiger partial charge in [-0.25, -0.2) is 9.37 Å². The summed E-state index contributed by atoms with van der Waals surface area (Å²) in [5.74, 6) is -2.63. The summed E-state index contributed by atoms with van der Waals surface area (Å²) < 4.78 is 53.5. The number of aromatic nitrogens is 2. The van der Waals surface area contributed by atoms with Gasteiger partial charge in [0.05, 0.1) is 6.04 Å². The Hall–Kier alpha value is -2.91. The largest absolute Gasteiger partial charge is 0.471 e. The molecule has 0 bridgehead atoms. The van der Waals surface area contributed by atoms with Gasteiger partial charge in [0.1, 0.15) is 5.82 Å². The molecule has 2 aromatic rings. The van der Waals surface area contributed by atoms with Gasteiger partial charge in [0.2, 0.25) is 0 Å². The third-order valence-corrected chi connectivity index (χ3v) is 5.24. The Kier molecular flexibility index (Phi) is 6.66. The Balaban J connectivity index is 1.90. The maximum atomic E-state index is 13.3. The first-order valence-electron chi connectivity index (χ1n) is 9.99. The van der Waals surface area contributed by atoms with Crippen LogP contribution in [0.1, 0.15) is 31.7 Å². The zero-order valence-electron chi connectivity index (χ0n) is 17.2. The molecule has 1 saturated heterocycles. The number of hydrogen-bond acceptors (Lipinski definition) is 4. The molecule has 1 aromatic carbocycles. The van der Waals surface area contributed by atoms with E-state index in [1.807, 2.05) is 13.8 Å². The number of hydrogen-bond donors (Lipinski definition) is 1. The molecular weight excluding hydrogens is 416 g/mol. The summed E-state index contributed by atoms with van der Waals surface area (Å²) in [4.78, 5) is 30.2. The minimum atomic E-state index is -5.04. The molecule has 1 N–H and O–H groups in total. The summed E-state index contributed by atoms with van der Waals surface area (Å²) in [7, 11) is 0. The summed E-state index contributed by atoms with van der Waals surface area (Å²) in [6.07, 6.45) is -1.63. The number of benzene rings is 1. The molecule has 1 aliphatic heterocycles. The van der Waals surface area contributed by atoms with Crippen molar-refractivity contribution in [3.05, 3.63) is 58.4 Å². The van der Waals surface area contributed by atoms with E-state index in [0.717, 1.165) is 0 Å². The van der Waals surface area contributed by atoms with E-state index in [1.165, 1.54) is 35.0 Å². The standard InChI is InChI=1S/C21H24F4N4O2/c1-13(2)11-29-10-8-26-18(19(29)30)28-9-7-16(14-3-5-15(22)6-4-14)17(12-28)27-20(31)21(23,24)25/h3-6,8,10,13,16-17H,7,9,11-12H2,1-2H3,(H,27,31). The molecule has 10 heteroatoms. The van der Waals surface area contributed by atoms with Crippen molar-refractivity contribution < 1.29 is 22.4 Å². The lowest BCUT2D eigenvalue weighted by Gasteiger charge is -2.39. The monoisotopic (exact) mass is 440 g/mol. The fourth-order valence-electron chi connectivity index (χ4n) is 3.84. The average Bonchev–Trinajstić information content (AvgIpc) is 2.69. The van der Waals surface area contributed by atoms with Crippen LogP contribution in [0.15, 0.2) is 41.5 Å². The van der Waals surface area contributed by atoms with Crippen molar-refractivity contribution in [1.29, 1.82) is 0 Å². The second-order valence-corrected chi connectivity index (χ2v) is 8.07. The number of nitrogens with zero attached hydrogens (tertiary/aromatic N) is 3. The quantitative estimate of drug-likeness (QED) is 0.726. The molecule has 0 spiro atoms. The van der Waals surface area contributed by atoms with E-state index in [-0.39, 0.29) is 23.8 Å². The number of anilines is 1. The summed E-state index contributed by atoms with van der Waals surface area (Å²) in [6, 6.07) is 4.52. The highest BCUT2D eigenvalue weighted by atomic mass is 19.4. The lowest BCUT2D eigenvalue weighted by atomic mass is 9.85. The first kappa shape index (κ1) is 22.8. The van der Waals surface area contributed by atoms with Crippen LogP contribution in [0.25, 0.3) is 0 Å². The van der Waals surface area contributed by atoms with Gasteiger partial charge in [-0.1, -0.05) is 26.0 Å². The molecule has 6 nitrogen and oxygen atoms in total. The second-order valence-electron chi connectivity index (χ2n) is 8.07. The first-order valence-corrected chi connectivity index (χ1v) is 9.99. The third-order valence-electron chi connectivity index (χ3n) is 5.24. The SMILES string of the molecule is CC(C)Cn1ccnc(N2CCC(c3ccc(F)cc3)C(NC(=O)C(F)(F)F)C2)c1=O. The first-order chi connectivity index (χ1) is 14.6. The van der Waals surface area contributed by atoms with Crippen LogP contribution >= 0.6 is 0 Å². The molecule has 2 unspecified atom stereocenters. The predicted molar refractivity (Wildman–Crippen MR) is 107 cm³/mol. The number of halogens is 4. The molecule has 1 aliphatic rings. The van der Waals surface area contributed by atoms with Crippen LogP contribution in [-0.4, -0.2) is 40.8 Å². The fourth-order valence-corrected chi connectivity index (χ4v) is 3.84. The van der Waals surface area contributed by atoms with Crippen LogP contribution in [-0.2, 0) is 11.3 Å². The van der Waals surface area contributed by atoms with E-state index in [4.69, 9.17) is 0 Å². The van der Waals surface area contributed by atoms with Crippen LogP contribution in [0.3, 0.4) is 0 Å². The number of carbonyl (C=O) groups is 1. The molecule has 1 aromatic heterocycles. The molecule has 0 saturated carbocycles. The minimum absolute atomic E-state index is 0.0300. The van der Waals surface area contributed by atoms with Gasteiger partial charge in [-0.3, -0.25) is 9.59 Å². The number of carbonyl (C=O) groups excluding carboxylic acids is 1. The smallest absolute Gasteiger partial charge is 0.350 e. The normalized spacial score (nSPS) is 19.5. The van der Waals surface area contributed by atoms with Crippen molar-refractivity contribution >= 4 is 11.7 Å². The van der Waals surface area contributed by atoms with Crippen molar-refractivity contribution in [3.63, 3.8) is 0 Å². The molecule has 2 heterocycles. The molecule has 1 fully saturated rings. The van der Waals surface area contributed by atoms with E-state index >= 15 is 0 Å². The van der Waals surface area contributed by atoms with Gasteiger partial charge in [-0.15, -0.1) is 0 Å². The van der Waals surface area contributed by atoms with Gasteiger partial charge >= 0.3 is 12.1 Å². The van der Waals surface area contributed by atoms with Crippen LogP contribution in [0, 0.1) is 11.7 Å². The van der Waals surface area contributed by atoms with Crippen molar-refractivity contribution in [2.75, 3.05) is 18.0 Å². The maximum Gasteiger partial charge on any atom is 0.471 e. The lowest BCUT2D eigenvalue weighted by Crippen LogP contribution is -2.55. The molecule has 31 heavy (non-hydrogen) atoms. The Morgan fingerprint density at radius 3 is 2.55 bits per heavy atom. The summed E-state index contributed by atoms with van der Waals surface area (Å²) in [5.41, 5.74) is 0.282. The van der Waals surface area contributed by atoms with Crippen LogP contribution in [0.2, 0.25) is 0 Å². The Bertz CT molecular complexity index is 973.